The van der Waals surface area contributed by atoms with Gasteiger partial charge in [-0.05, 0) is 30.4 Å². The quantitative estimate of drug-likeness (QED) is 0.812. The summed E-state index contributed by atoms with van der Waals surface area (Å²) in [4.78, 5) is 13.9. The fourth-order valence-corrected chi connectivity index (χ4v) is 2.33. The van der Waals surface area contributed by atoms with E-state index in [0.717, 1.165) is 31.7 Å². The number of carbonyl (C=O) groups is 1. The van der Waals surface area contributed by atoms with E-state index in [0.29, 0.717) is 19.1 Å². The van der Waals surface area contributed by atoms with Gasteiger partial charge < -0.3 is 10.1 Å². The number of ether oxygens (including phenoxy) is 1. The van der Waals surface area contributed by atoms with Crippen LogP contribution in [-0.2, 0) is 11.2 Å². The first-order valence-corrected chi connectivity index (χ1v) is 7.39. The Morgan fingerprint density at radius 2 is 2.20 bits per heavy atom. The number of nitrogens with one attached hydrogen (secondary N) is 1. The Hall–Kier alpha value is -1.55. The molecule has 0 bridgehead atoms. The predicted molar refractivity (Wildman–Crippen MR) is 81.2 cm³/mol. The molecular weight excluding hydrogens is 252 g/mol. The van der Waals surface area contributed by atoms with Crippen LogP contribution in [0.15, 0.2) is 24.3 Å². The third kappa shape index (κ3) is 3.97. The van der Waals surface area contributed by atoms with Crippen molar-refractivity contribution in [3.63, 3.8) is 0 Å². The fourth-order valence-electron chi connectivity index (χ4n) is 2.33. The lowest BCUT2D eigenvalue weighted by Crippen LogP contribution is -2.39. The summed E-state index contributed by atoms with van der Waals surface area (Å²) in [6.07, 6.45) is 1.80. The van der Waals surface area contributed by atoms with Crippen LogP contribution in [0.2, 0.25) is 0 Å². The molecule has 1 aromatic carbocycles. The minimum Gasteiger partial charge on any atom is -0.381 e. The smallest absolute Gasteiger partial charge is 0.321 e. The molecule has 110 valence electrons. The number of para-hydroxylation sites is 1. The Kier molecular flexibility index (Phi) is 5.41. The van der Waals surface area contributed by atoms with Gasteiger partial charge in [0.1, 0.15) is 0 Å². The molecule has 4 heteroatoms. The van der Waals surface area contributed by atoms with Gasteiger partial charge in [0.25, 0.3) is 0 Å². The Morgan fingerprint density at radius 3 is 3.00 bits per heavy atom. The highest BCUT2D eigenvalue weighted by molar-refractivity contribution is 5.94. The summed E-state index contributed by atoms with van der Waals surface area (Å²) < 4.78 is 5.49. The molecular formula is C16H24N2O2. The highest BCUT2D eigenvalue weighted by Gasteiger charge is 2.23. The molecule has 0 aliphatic carbocycles. The number of hydrogen-bond acceptors (Lipinski definition) is 2. The first-order valence-electron chi connectivity index (χ1n) is 7.39. The van der Waals surface area contributed by atoms with Gasteiger partial charge in [-0.1, -0.05) is 32.0 Å². The second-order valence-electron chi connectivity index (χ2n) is 5.58. The van der Waals surface area contributed by atoms with Crippen LogP contribution in [0.25, 0.3) is 0 Å². The molecule has 0 atom stereocenters. The predicted octanol–water partition coefficient (Wildman–Crippen LogP) is 2.82. The number of amides is 2. The normalized spacial score (nSPS) is 13.7. The maximum absolute atomic E-state index is 12.1. The van der Waals surface area contributed by atoms with Crippen LogP contribution in [0, 0.1) is 5.92 Å². The van der Waals surface area contributed by atoms with E-state index in [2.05, 4.69) is 25.2 Å². The van der Waals surface area contributed by atoms with E-state index in [1.807, 2.05) is 23.1 Å². The Labute approximate surface area is 121 Å². The van der Waals surface area contributed by atoms with E-state index in [9.17, 15) is 4.79 Å². The van der Waals surface area contributed by atoms with E-state index in [-0.39, 0.29) is 6.03 Å². The van der Waals surface area contributed by atoms with Gasteiger partial charge in [0.15, 0.2) is 0 Å². The molecule has 4 nitrogen and oxygen atoms in total. The lowest BCUT2D eigenvalue weighted by atomic mass is 10.2. The van der Waals surface area contributed by atoms with E-state index >= 15 is 0 Å². The Balaban J connectivity index is 1.69. The maximum atomic E-state index is 12.1. The molecule has 2 rings (SSSR count). The van der Waals surface area contributed by atoms with Crippen molar-refractivity contribution in [3.8, 4) is 0 Å². The van der Waals surface area contributed by atoms with Gasteiger partial charge in [-0.25, -0.2) is 4.79 Å². The molecule has 0 fully saturated rings. The summed E-state index contributed by atoms with van der Waals surface area (Å²) >= 11 is 0. The summed E-state index contributed by atoms with van der Waals surface area (Å²) in [5.41, 5.74) is 2.30. The minimum atomic E-state index is -0.00110. The number of nitrogens with zero attached hydrogens (tertiary/aromatic N) is 1. The maximum Gasteiger partial charge on any atom is 0.321 e. The molecule has 1 aromatic rings. The third-order valence-electron chi connectivity index (χ3n) is 3.33. The first kappa shape index (κ1) is 14.9. The molecule has 0 radical (unpaired) electrons. The van der Waals surface area contributed by atoms with Gasteiger partial charge >= 0.3 is 6.03 Å². The average Bonchev–Trinajstić information content (AvgIpc) is 2.86. The summed E-state index contributed by atoms with van der Waals surface area (Å²) in [6.45, 7) is 7.19. The van der Waals surface area contributed by atoms with Gasteiger partial charge in [-0.3, -0.25) is 4.90 Å². The molecule has 1 N–H and O–H groups in total. The number of hydrogen-bond donors (Lipinski definition) is 1. The number of rotatable bonds is 6. The van der Waals surface area contributed by atoms with Crippen molar-refractivity contribution in [3.05, 3.63) is 29.8 Å². The van der Waals surface area contributed by atoms with Crippen molar-refractivity contribution >= 4 is 11.7 Å². The number of fused-ring (bicyclic) bond motifs is 1. The number of carbonyl (C=O) groups excluding carboxylic acids is 1. The zero-order valence-corrected chi connectivity index (χ0v) is 12.4. The number of benzene rings is 1. The van der Waals surface area contributed by atoms with Crippen molar-refractivity contribution in [2.24, 2.45) is 5.92 Å². The number of urea groups is 1. The third-order valence-corrected chi connectivity index (χ3v) is 3.33. The van der Waals surface area contributed by atoms with Crippen molar-refractivity contribution < 1.29 is 9.53 Å². The van der Waals surface area contributed by atoms with E-state index in [1.165, 1.54) is 5.56 Å². The molecule has 0 aromatic heterocycles. The van der Waals surface area contributed by atoms with Crippen LogP contribution >= 0.6 is 0 Å². The SMILES string of the molecule is CC(C)COCCCNC(=O)N1CCc2ccccc21. The van der Waals surface area contributed by atoms with Gasteiger partial charge in [0.05, 0.1) is 0 Å². The van der Waals surface area contributed by atoms with Gasteiger partial charge in [0.2, 0.25) is 0 Å². The zero-order valence-electron chi connectivity index (χ0n) is 12.4. The molecule has 0 unspecified atom stereocenters. The number of anilines is 1. The van der Waals surface area contributed by atoms with Crippen LogP contribution < -0.4 is 10.2 Å². The standard InChI is InChI=1S/C16H24N2O2/c1-13(2)12-20-11-5-9-17-16(19)18-10-8-14-6-3-4-7-15(14)18/h3-4,6-7,13H,5,8-12H2,1-2H3,(H,17,19). The van der Waals surface area contributed by atoms with E-state index < -0.39 is 0 Å². The molecule has 0 saturated carbocycles. The molecule has 0 saturated heterocycles. The van der Waals surface area contributed by atoms with Crippen molar-refractivity contribution in [2.45, 2.75) is 26.7 Å². The topological polar surface area (TPSA) is 41.6 Å². The van der Waals surface area contributed by atoms with Crippen molar-refractivity contribution in [1.82, 2.24) is 5.32 Å². The minimum absolute atomic E-state index is 0.00110. The second-order valence-corrected chi connectivity index (χ2v) is 5.58. The lowest BCUT2D eigenvalue weighted by molar-refractivity contribution is 0.108. The van der Waals surface area contributed by atoms with Crippen LogP contribution in [-0.4, -0.2) is 32.3 Å². The van der Waals surface area contributed by atoms with Crippen molar-refractivity contribution in [2.75, 3.05) is 31.2 Å². The second kappa shape index (κ2) is 7.29. The largest absolute Gasteiger partial charge is 0.381 e. The molecule has 1 heterocycles. The zero-order chi connectivity index (χ0) is 14.4. The van der Waals surface area contributed by atoms with Crippen molar-refractivity contribution in [1.29, 1.82) is 0 Å². The first-order chi connectivity index (χ1) is 9.68. The highest BCUT2D eigenvalue weighted by atomic mass is 16.5. The summed E-state index contributed by atoms with van der Waals surface area (Å²) in [5.74, 6) is 0.561. The molecule has 20 heavy (non-hydrogen) atoms. The Morgan fingerprint density at radius 1 is 1.40 bits per heavy atom. The summed E-state index contributed by atoms with van der Waals surface area (Å²) in [6, 6.07) is 8.09. The van der Waals surface area contributed by atoms with Gasteiger partial charge in [-0.15, -0.1) is 0 Å². The van der Waals surface area contributed by atoms with Crippen LogP contribution in [0.5, 0.6) is 0 Å². The fraction of sp³-hybridized carbons (Fsp3) is 0.562. The van der Waals surface area contributed by atoms with Crippen LogP contribution in [0.3, 0.4) is 0 Å². The molecule has 2 amide bonds. The lowest BCUT2D eigenvalue weighted by Gasteiger charge is -2.18. The molecule has 1 aliphatic rings. The average molecular weight is 276 g/mol. The monoisotopic (exact) mass is 276 g/mol. The van der Waals surface area contributed by atoms with Gasteiger partial charge in [-0.2, -0.15) is 0 Å². The van der Waals surface area contributed by atoms with Gasteiger partial charge in [0, 0.05) is 32.0 Å². The Bertz CT molecular complexity index is 446. The molecule has 1 aliphatic heterocycles. The summed E-state index contributed by atoms with van der Waals surface area (Å²) in [7, 11) is 0. The highest BCUT2D eigenvalue weighted by Crippen LogP contribution is 2.27. The van der Waals surface area contributed by atoms with E-state index in [4.69, 9.17) is 4.74 Å². The van der Waals surface area contributed by atoms with Crippen LogP contribution in [0.1, 0.15) is 25.8 Å². The van der Waals surface area contributed by atoms with E-state index in [1.54, 1.807) is 0 Å². The molecule has 0 spiro atoms. The summed E-state index contributed by atoms with van der Waals surface area (Å²) in [5, 5.41) is 2.96. The van der Waals surface area contributed by atoms with Crippen LogP contribution in [0.4, 0.5) is 10.5 Å².